The lowest BCUT2D eigenvalue weighted by atomic mass is 10.0. The van der Waals surface area contributed by atoms with E-state index < -0.39 is 20.0 Å². The molecule has 3 aromatic rings. The number of nitrogens with one attached hydrogen (secondary N) is 1. The van der Waals surface area contributed by atoms with Gasteiger partial charge in [0.15, 0.2) is 0 Å². The fraction of sp³-hybridized carbons (Fsp3) is 0.308. The highest BCUT2D eigenvalue weighted by Crippen LogP contribution is 2.37. The maximum atomic E-state index is 11.6. The Balaban J connectivity index is 1.42. The molecule has 0 spiro atoms. The second-order valence-electron chi connectivity index (χ2n) is 8.74. The number of phosphoric acid groups is 1. The minimum Gasteiger partial charge on any atom is -0.487 e. The first-order valence-electron chi connectivity index (χ1n) is 11.9. The van der Waals surface area contributed by atoms with Crippen LogP contribution in [0.15, 0.2) is 60.9 Å². The van der Waals surface area contributed by atoms with Gasteiger partial charge in [-0.05, 0) is 42.3 Å². The van der Waals surface area contributed by atoms with Gasteiger partial charge in [0, 0.05) is 25.0 Å². The number of likely N-dealkylation sites (tertiary alicyclic amines) is 1. The molecule has 0 saturated carbocycles. The first kappa shape index (κ1) is 27.4. The van der Waals surface area contributed by atoms with E-state index in [1.807, 2.05) is 48.5 Å². The molecule has 1 saturated heterocycles. The molecule has 0 radical (unpaired) electrons. The van der Waals surface area contributed by atoms with Crippen LogP contribution in [0.4, 0.5) is 4.79 Å². The predicted molar refractivity (Wildman–Crippen MR) is 139 cm³/mol. The average molecular weight is 541 g/mol. The Kier molecular flexibility index (Phi) is 8.52. The van der Waals surface area contributed by atoms with Gasteiger partial charge in [-0.1, -0.05) is 36.1 Å². The molecule has 12 heteroatoms. The number of aliphatic hydroxyl groups is 1. The van der Waals surface area contributed by atoms with Crippen molar-refractivity contribution in [2.24, 2.45) is 0 Å². The maximum Gasteiger partial charge on any atom is 0.469 e. The average Bonchev–Trinajstić information content (AvgIpc) is 3.36. The monoisotopic (exact) mass is 540 g/mol. The third-order valence-corrected chi connectivity index (χ3v) is 6.40. The molecule has 0 aliphatic carbocycles. The predicted octanol–water partition coefficient (Wildman–Crippen LogP) is 2.71. The number of hydrogen-bond acceptors (Lipinski definition) is 6. The summed E-state index contributed by atoms with van der Waals surface area (Å²) >= 11 is 0. The van der Waals surface area contributed by atoms with Crippen molar-refractivity contribution in [3.8, 4) is 28.7 Å². The van der Waals surface area contributed by atoms with Gasteiger partial charge >= 0.3 is 13.9 Å². The van der Waals surface area contributed by atoms with E-state index in [2.05, 4.69) is 26.7 Å². The van der Waals surface area contributed by atoms with Crippen molar-refractivity contribution < 1.29 is 33.5 Å². The summed E-state index contributed by atoms with van der Waals surface area (Å²) in [6, 6.07) is 14.3. The van der Waals surface area contributed by atoms with Crippen molar-refractivity contribution >= 4 is 13.9 Å². The van der Waals surface area contributed by atoms with Crippen LogP contribution in [0.5, 0.6) is 5.75 Å². The minimum atomic E-state index is -4.71. The van der Waals surface area contributed by atoms with E-state index >= 15 is 0 Å². The van der Waals surface area contributed by atoms with Crippen LogP contribution in [0.2, 0.25) is 0 Å². The molecule has 38 heavy (non-hydrogen) atoms. The number of aliphatic hydroxyl groups excluding tert-OH is 1. The zero-order chi connectivity index (χ0) is 27.3. The van der Waals surface area contributed by atoms with Gasteiger partial charge in [0.1, 0.15) is 29.8 Å². The lowest BCUT2D eigenvalue weighted by Gasteiger charge is -2.38. The number of phosphoric ester groups is 1. The van der Waals surface area contributed by atoms with Crippen LogP contribution in [0.1, 0.15) is 30.5 Å². The SMILES string of the molecule is CNC(=O)N1CC(Oc2ccc(-c3ccc(C#C[C@@H](COP(=O)(O)O)n4ccnc4[C@H](C)O)cc3)cc2)C1. The van der Waals surface area contributed by atoms with Crippen LogP contribution < -0.4 is 10.1 Å². The minimum absolute atomic E-state index is 0.0223. The maximum absolute atomic E-state index is 11.6. The number of rotatable bonds is 8. The molecule has 200 valence electrons. The van der Waals surface area contributed by atoms with Crippen molar-refractivity contribution in [2.75, 3.05) is 26.7 Å². The molecule has 11 nitrogen and oxygen atoms in total. The van der Waals surface area contributed by atoms with Crippen molar-refractivity contribution in [1.29, 1.82) is 0 Å². The second kappa shape index (κ2) is 11.8. The quantitative estimate of drug-likeness (QED) is 0.252. The molecular weight excluding hydrogens is 511 g/mol. The van der Waals surface area contributed by atoms with Crippen molar-refractivity contribution in [1.82, 2.24) is 19.8 Å². The van der Waals surface area contributed by atoms with Gasteiger partial charge in [-0.2, -0.15) is 0 Å². The lowest BCUT2D eigenvalue weighted by Crippen LogP contribution is -2.58. The summed E-state index contributed by atoms with van der Waals surface area (Å²) in [5.41, 5.74) is 2.66. The zero-order valence-corrected chi connectivity index (χ0v) is 21.8. The van der Waals surface area contributed by atoms with E-state index in [1.165, 1.54) is 10.8 Å². The number of benzene rings is 2. The molecule has 2 atom stereocenters. The highest BCUT2D eigenvalue weighted by atomic mass is 31.2. The summed E-state index contributed by atoms with van der Waals surface area (Å²) in [4.78, 5) is 35.6. The molecule has 2 aromatic carbocycles. The molecule has 0 bridgehead atoms. The van der Waals surface area contributed by atoms with Gasteiger partial charge in [0.2, 0.25) is 0 Å². The van der Waals surface area contributed by atoms with E-state index in [4.69, 9.17) is 14.5 Å². The topological polar surface area (TPSA) is 146 Å². The van der Waals surface area contributed by atoms with E-state index in [9.17, 15) is 14.5 Å². The van der Waals surface area contributed by atoms with E-state index in [1.54, 1.807) is 25.1 Å². The van der Waals surface area contributed by atoms with E-state index in [0.717, 1.165) is 16.9 Å². The zero-order valence-electron chi connectivity index (χ0n) is 20.9. The van der Waals surface area contributed by atoms with Crippen LogP contribution in [0.3, 0.4) is 0 Å². The van der Waals surface area contributed by atoms with Gasteiger partial charge < -0.3 is 34.4 Å². The number of imidazole rings is 1. The Bertz CT molecular complexity index is 1350. The third kappa shape index (κ3) is 7.01. The normalized spacial score (nSPS) is 15.1. The summed E-state index contributed by atoms with van der Waals surface area (Å²) in [6.07, 6.45) is 2.13. The van der Waals surface area contributed by atoms with Crippen molar-refractivity contribution in [2.45, 2.75) is 25.2 Å². The molecule has 1 aliphatic rings. The van der Waals surface area contributed by atoms with Gasteiger partial charge in [-0.15, -0.1) is 0 Å². The fourth-order valence-corrected chi connectivity index (χ4v) is 4.27. The molecule has 2 heterocycles. The van der Waals surface area contributed by atoms with Crippen LogP contribution in [0.25, 0.3) is 11.1 Å². The second-order valence-corrected chi connectivity index (χ2v) is 9.98. The Morgan fingerprint density at radius 1 is 1.16 bits per heavy atom. The van der Waals surface area contributed by atoms with Gasteiger partial charge in [-0.25, -0.2) is 14.3 Å². The number of hydrogen-bond donors (Lipinski definition) is 4. The molecule has 4 N–H and O–H groups in total. The molecule has 1 aliphatic heterocycles. The van der Waals surface area contributed by atoms with E-state index in [0.29, 0.717) is 24.5 Å². The first-order valence-corrected chi connectivity index (χ1v) is 13.4. The Morgan fingerprint density at radius 2 is 1.79 bits per heavy atom. The fourth-order valence-electron chi connectivity index (χ4n) is 3.94. The summed E-state index contributed by atoms with van der Waals surface area (Å²) in [5, 5.41) is 12.6. The number of amides is 2. The number of carbonyl (C=O) groups excluding carboxylic acids is 1. The molecule has 0 unspecified atom stereocenters. The summed E-state index contributed by atoms with van der Waals surface area (Å²) in [5.74, 6) is 7.01. The molecule has 2 amide bonds. The molecule has 1 aromatic heterocycles. The Labute approximate surface area is 220 Å². The number of ether oxygens (including phenoxy) is 1. The highest BCUT2D eigenvalue weighted by Gasteiger charge is 2.31. The summed E-state index contributed by atoms with van der Waals surface area (Å²) < 4.78 is 23.4. The number of carbonyl (C=O) groups is 1. The number of aromatic nitrogens is 2. The van der Waals surface area contributed by atoms with Crippen LogP contribution in [-0.4, -0.2) is 68.2 Å². The van der Waals surface area contributed by atoms with Gasteiger partial charge in [0.05, 0.1) is 19.7 Å². The lowest BCUT2D eigenvalue weighted by molar-refractivity contribution is 0.0451. The van der Waals surface area contributed by atoms with Crippen LogP contribution in [0, 0.1) is 11.8 Å². The van der Waals surface area contributed by atoms with Crippen LogP contribution >= 0.6 is 7.82 Å². The molecule has 1 fully saturated rings. The van der Waals surface area contributed by atoms with Gasteiger partial charge in [-0.3, -0.25) is 4.52 Å². The largest absolute Gasteiger partial charge is 0.487 e. The Hall–Kier alpha value is -3.65. The highest BCUT2D eigenvalue weighted by molar-refractivity contribution is 7.46. The number of nitrogens with zero attached hydrogens (tertiary/aromatic N) is 3. The smallest absolute Gasteiger partial charge is 0.469 e. The first-order chi connectivity index (χ1) is 18.1. The molecule has 4 rings (SSSR count). The summed E-state index contributed by atoms with van der Waals surface area (Å²) in [6.45, 7) is 2.26. The van der Waals surface area contributed by atoms with E-state index in [-0.39, 0.29) is 18.7 Å². The van der Waals surface area contributed by atoms with Crippen molar-refractivity contribution in [3.63, 3.8) is 0 Å². The molecular formula is C26H29N4O7P. The third-order valence-electron chi connectivity index (χ3n) is 5.92. The van der Waals surface area contributed by atoms with Crippen molar-refractivity contribution in [3.05, 3.63) is 72.3 Å². The van der Waals surface area contributed by atoms with Crippen LogP contribution in [-0.2, 0) is 9.09 Å². The summed E-state index contributed by atoms with van der Waals surface area (Å²) in [7, 11) is -3.10. The standard InChI is InChI=1S/C26H29N4O7P/c1-18(31)25-28-13-14-30(25)22(17-36-38(33,34)35)10-5-19-3-6-20(7-4-19)21-8-11-23(12-9-21)37-24-15-29(16-24)26(32)27-2/h3-4,6-9,11-14,18,22,24,31H,15-17H2,1-2H3,(H,27,32)(H2,33,34,35)/t18-,22-/m0/s1. The van der Waals surface area contributed by atoms with Gasteiger partial charge in [0.25, 0.3) is 0 Å². The number of urea groups is 1. The Morgan fingerprint density at radius 3 is 2.37 bits per heavy atom.